The molecule has 0 aliphatic rings. The van der Waals surface area contributed by atoms with Gasteiger partial charge in [0, 0.05) is 4.90 Å². The molecule has 92 valence electrons. The van der Waals surface area contributed by atoms with E-state index in [0.717, 1.165) is 16.0 Å². The van der Waals surface area contributed by atoms with Crippen LogP contribution in [-0.4, -0.2) is 17.2 Å². The summed E-state index contributed by atoms with van der Waals surface area (Å²) in [6.07, 6.45) is 0. The number of rotatable bonds is 3. The van der Waals surface area contributed by atoms with E-state index in [-0.39, 0.29) is 11.2 Å². The Morgan fingerprint density at radius 1 is 1.35 bits per heavy atom. The predicted molar refractivity (Wildman–Crippen MR) is 69.0 cm³/mol. The Balaban J connectivity index is 2.73. The van der Waals surface area contributed by atoms with E-state index in [1.807, 2.05) is 32.0 Å². The second-order valence-electron chi connectivity index (χ2n) is 3.88. The van der Waals surface area contributed by atoms with Crippen LogP contribution in [-0.2, 0) is 4.79 Å². The van der Waals surface area contributed by atoms with Gasteiger partial charge >= 0.3 is 6.03 Å². The van der Waals surface area contributed by atoms with Gasteiger partial charge in [-0.2, -0.15) is 0 Å². The number of nitrogens with one attached hydrogen (secondary N) is 1. The lowest BCUT2D eigenvalue weighted by atomic mass is 10.2. The van der Waals surface area contributed by atoms with Gasteiger partial charge in [0.15, 0.2) is 0 Å². The number of nitrogens with two attached hydrogens (primary N) is 1. The van der Waals surface area contributed by atoms with E-state index >= 15 is 0 Å². The van der Waals surface area contributed by atoms with Crippen LogP contribution >= 0.6 is 11.8 Å². The minimum atomic E-state index is -0.816. The van der Waals surface area contributed by atoms with Crippen molar-refractivity contribution in [3.8, 4) is 0 Å². The van der Waals surface area contributed by atoms with Crippen molar-refractivity contribution in [2.24, 2.45) is 5.73 Å². The smallest absolute Gasteiger partial charge is 0.318 e. The van der Waals surface area contributed by atoms with E-state index in [0.29, 0.717) is 0 Å². The van der Waals surface area contributed by atoms with Crippen LogP contribution in [0.1, 0.15) is 18.1 Å². The molecule has 1 aromatic carbocycles. The van der Waals surface area contributed by atoms with Gasteiger partial charge in [0.25, 0.3) is 0 Å². The van der Waals surface area contributed by atoms with E-state index in [1.165, 1.54) is 11.8 Å². The summed E-state index contributed by atoms with van der Waals surface area (Å²) in [5, 5.41) is 1.72. The van der Waals surface area contributed by atoms with Crippen molar-refractivity contribution in [1.82, 2.24) is 5.32 Å². The molecular formula is C12H16N2O2S. The van der Waals surface area contributed by atoms with Gasteiger partial charge in [-0.05, 0) is 32.4 Å². The number of thioether (sulfide) groups is 1. The molecule has 0 radical (unpaired) electrons. The highest BCUT2D eigenvalue weighted by Crippen LogP contribution is 2.27. The van der Waals surface area contributed by atoms with Crippen molar-refractivity contribution in [2.45, 2.75) is 30.9 Å². The maximum absolute atomic E-state index is 11.5. The normalized spacial score (nSPS) is 11.9. The lowest BCUT2D eigenvalue weighted by Crippen LogP contribution is -2.39. The largest absolute Gasteiger partial charge is 0.351 e. The van der Waals surface area contributed by atoms with Crippen molar-refractivity contribution in [2.75, 3.05) is 0 Å². The monoisotopic (exact) mass is 252 g/mol. The number of carbonyl (C=O) groups is 2. The van der Waals surface area contributed by atoms with Gasteiger partial charge in [0.2, 0.25) is 5.91 Å². The van der Waals surface area contributed by atoms with Gasteiger partial charge in [-0.3, -0.25) is 10.1 Å². The standard InChI is InChI=1S/C12H16N2O2S/c1-7-4-5-8(2)10(6-7)17-9(3)11(15)14-12(13)16/h4-6,9H,1-3H3,(H3,13,14,15,16)/t9-/m0/s1. The third-order valence-corrected chi connectivity index (χ3v) is 3.52. The molecular weight excluding hydrogens is 236 g/mol. The van der Waals surface area contributed by atoms with E-state index in [2.05, 4.69) is 5.32 Å². The molecule has 1 atom stereocenters. The summed E-state index contributed by atoms with van der Waals surface area (Å²) in [6, 6.07) is 5.24. The van der Waals surface area contributed by atoms with Crippen LogP contribution in [0.25, 0.3) is 0 Å². The Hall–Kier alpha value is -1.49. The fourth-order valence-electron chi connectivity index (χ4n) is 1.30. The zero-order valence-electron chi connectivity index (χ0n) is 10.1. The molecule has 3 N–H and O–H groups in total. The minimum Gasteiger partial charge on any atom is -0.351 e. The molecule has 17 heavy (non-hydrogen) atoms. The van der Waals surface area contributed by atoms with Crippen molar-refractivity contribution >= 4 is 23.7 Å². The molecule has 1 rings (SSSR count). The summed E-state index contributed by atoms with van der Waals surface area (Å²) in [5.74, 6) is -0.372. The highest BCUT2D eigenvalue weighted by atomic mass is 32.2. The van der Waals surface area contributed by atoms with Crippen LogP contribution in [0.4, 0.5) is 4.79 Å². The Bertz CT molecular complexity index is 446. The molecule has 0 heterocycles. The third-order valence-electron chi connectivity index (χ3n) is 2.26. The number of primary amides is 1. The third kappa shape index (κ3) is 4.11. The molecule has 1 aromatic rings. The zero-order valence-corrected chi connectivity index (χ0v) is 10.9. The number of aryl methyl sites for hydroxylation is 2. The van der Waals surface area contributed by atoms with Gasteiger partial charge in [0.1, 0.15) is 0 Å². The maximum Gasteiger partial charge on any atom is 0.318 e. The average Bonchev–Trinajstić information content (AvgIpc) is 2.22. The second kappa shape index (κ2) is 5.72. The average molecular weight is 252 g/mol. The summed E-state index contributed by atoms with van der Waals surface area (Å²) in [7, 11) is 0. The second-order valence-corrected chi connectivity index (χ2v) is 5.27. The van der Waals surface area contributed by atoms with E-state index < -0.39 is 6.03 Å². The molecule has 3 amide bonds. The van der Waals surface area contributed by atoms with Gasteiger partial charge < -0.3 is 5.73 Å². The minimum absolute atomic E-state index is 0.358. The first kappa shape index (κ1) is 13.6. The molecule has 0 saturated heterocycles. The fraction of sp³-hybridized carbons (Fsp3) is 0.333. The lowest BCUT2D eigenvalue weighted by Gasteiger charge is -2.12. The van der Waals surface area contributed by atoms with Crippen LogP contribution in [0.2, 0.25) is 0 Å². The molecule has 5 heteroatoms. The van der Waals surface area contributed by atoms with Gasteiger partial charge in [-0.15, -0.1) is 11.8 Å². The van der Waals surface area contributed by atoms with Crippen LogP contribution in [0, 0.1) is 13.8 Å². The Labute approximate surface area is 105 Å². The highest BCUT2D eigenvalue weighted by molar-refractivity contribution is 8.00. The SMILES string of the molecule is Cc1ccc(C)c(S[C@@H](C)C(=O)NC(N)=O)c1. The summed E-state index contributed by atoms with van der Waals surface area (Å²) >= 11 is 1.41. The first-order valence-corrected chi connectivity index (χ1v) is 6.12. The summed E-state index contributed by atoms with van der Waals surface area (Å²) < 4.78 is 0. The Kier molecular flexibility index (Phi) is 4.57. The fourth-order valence-corrected chi connectivity index (χ4v) is 2.36. The molecule has 4 nitrogen and oxygen atoms in total. The number of hydrogen-bond acceptors (Lipinski definition) is 3. The topological polar surface area (TPSA) is 72.2 Å². The first-order valence-electron chi connectivity index (χ1n) is 5.24. The van der Waals surface area contributed by atoms with Crippen LogP contribution in [0.3, 0.4) is 0 Å². The van der Waals surface area contributed by atoms with E-state index in [1.54, 1.807) is 6.92 Å². The summed E-state index contributed by atoms with van der Waals surface area (Å²) in [6.45, 7) is 5.73. The van der Waals surface area contributed by atoms with Crippen molar-refractivity contribution in [1.29, 1.82) is 0 Å². The molecule has 0 unspecified atom stereocenters. The van der Waals surface area contributed by atoms with Crippen LogP contribution < -0.4 is 11.1 Å². The van der Waals surface area contributed by atoms with Gasteiger partial charge in [0.05, 0.1) is 5.25 Å². The number of urea groups is 1. The number of imide groups is 1. The van der Waals surface area contributed by atoms with E-state index in [9.17, 15) is 9.59 Å². The zero-order chi connectivity index (χ0) is 13.0. The molecule has 0 spiro atoms. The number of amides is 3. The van der Waals surface area contributed by atoms with E-state index in [4.69, 9.17) is 5.73 Å². The summed E-state index contributed by atoms with van der Waals surface area (Å²) in [4.78, 5) is 23.1. The van der Waals surface area contributed by atoms with Crippen molar-refractivity contribution < 1.29 is 9.59 Å². The van der Waals surface area contributed by atoms with Crippen molar-refractivity contribution in [3.05, 3.63) is 29.3 Å². The molecule has 0 aliphatic heterocycles. The summed E-state index contributed by atoms with van der Waals surface area (Å²) in [5.41, 5.74) is 7.15. The Morgan fingerprint density at radius 3 is 2.59 bits per heavy atom. The molecule has 0 saturated carbocycles. The quantitative estimate of drug-likeness (QED) is 0.808. The molecule has 0 bridgehead atoms. The molecule has 0 fully saturated rings. The highest BCUT2D eigenvalue weighted by Gasteiger charge is 2.16. The molecule has 0 aliphatic carbocycles. The molecule has 0 aromatic heterocycles. The van der Waals surface area contributed by atoms with Crippen LogP contribution in [0.5, 0.6) is 0 Å². The Morgan fingerprint density at radius 2 is 2.00 bits per heavy atom. The van der Waals surface area contributed by atoms with Crippen LogP contribution in [0.15, 0.2) is 23.1 Å². The predicted octanol–water partition coefficient (Wildman–Crippen LogP) is 1.98. The number of carbonyl (C=O) groups excluding carboxylic acids is 2. The lowest BCUT2D eigenvalue weighted by molar-refractivity contribution is -0.119. The van der Waals surface area contributed by atoms with Crippen molar-refractivity contribution in [3.63, 3.8) is 0 Å². The number of benzene rings is 1. The maximum atomic E-state index is 11.5. The first-order chi connectivity index (χ1) is 7.90. The van der Waals surface area contributed by atoms with Gasteiger partial charge in [-0.25, -0.2) is 4.79 Å². The van der Waals surface area contributed by atoms with Gasteiger partial charge in [-0.1, -0.05) is 17.7 Å². The number of hydrogen-bond donors (Lipinski definition) is 2.